The average molecular weight is 357 g/mol. The Kier molecular flexibility index (Phi) is 8.32. The summed E-state index contributed by atoms with van der Waals surface area (Å²) in [7, 11) is 0. The van der Waals surface area contributed by atoms with Crippen LogP contribution in [0.1, 0.15) is 17.5 Å². The molecule has 1 unspecified atom stereocenters. The molecule has 2 N–H and O–H groups in total. The summed E-state index contributed by atoms with van der Waals surface area (Å²) >= 11 is 0. The molecule has 6 heteroatoms. The molecule has 6 nitrogen and oxygen atoms in total. The molecule has 0 saturated heterocycles. The second-order valence-corrected chi connectivity index (χ2v) is 5.67. The van der Waals surface area contributed by atoms with E-state index in [2.05, 4.69) is 5.32 Å². The van der Waals surface area contributed by atoms with Crippen LogP contribution in [-0.4, -0.2) is 36.2 Å². The van der Waals surface area contributed by atoms with Gasteiger partial charge in [0.2, 0.25) is 0 Å². The highest BCUT2D eigenvalue weighted by Gasteiger charge is 2.23. The van der Waals surface area contributed by atoms with E-state index in [4.69, 9.17) is 14.6 Å². The van der Waals surface area contributed by atoms with Gasteiger partial charge in [0.05, 0.1) is 13.0 Å². The van der Waals surface area contributed by atoms with Gasteiger partial charge >= 0.3 is 11.9 Å². The molecule has 0 heterocycles. The van der Waals surface area contributed by atoms with E-state index in [9.17, 15) is 9.59 Å². The third kappa shape index (κ3) is 7.04. The summed E-state index contributed by atoms with van der Waals surface area (Å²) in [6.07, 6.45) is -0.166. The molecule has 0 aliphatic rings. The molecule has 2 aromatic carbocycles. The summed E-state index contributed by atoms with van der Waals surface area (Å²) in [6.45, 7) is 0.292. The first-order valence-electron chi connectivity index (χ1n) is 8.43. The molecule has 26 heavy (non-hydrogen) atoms. The third-order valence-corrected chi connectivity index (χ3v) is 3.62. The second-order valence-electron chi connectivity index (χ2n) is 5.67. The molecule has 0 aliphatic heterocycles. The third-order valence-electron chi connectivity index (χ3n) is 3.62. The maximum atomic E-state index is 12.3. The topological polar surface area (TPSA) is 84.9 Å². The molecule has 0 spiro atoms. The van der Waals surface area contributed by atoms with Gasteiger partial charge in [0.1, 0.15) is 19.3 Å². The number of rotatable bonds is 10. The fourth-order valence-electron chi connectivity index (χ4n) is 2.27. The standard InChI is InChI=1S/C20H23NO5/c22-12-11-21-18(20(24)26-15-17-9-5-2-6-10-17)13-19(23)25-14-16-7-3-1-4-8-16/h1-10,18,21-22H,11-15H2. The normalized spacial score (nSPS) is 11.6. The number of aliphatic hydroxyl groups is 1. The minimum atomic E-state index is -0.867. The zero-order chi connectivity index (χ0) is 18.6. The molecule has 2 rings (SSSR count). The van der Waals surface area contributed by atoms with Crippen LogP contribution >= 0.6 is 0 Å². The van der Waals surface area contributed by atoms with Gasteiger partial charge in [-0.25, -0.2) is 0 Å². The van der Waals surface area contributed by atoms with Gasteiger partial charge in [-0.2, -0.15) is 0 Å². The number of carbonyl (C=O) groups excluding carboxylic acids is 2. The van der Waals surface area contributed by atoms with E-state index >= 15 is 0 Å². The molecule has 0 fully saturated rings. The van der Waals surface area contributed by atoms with Crippen LogP contribution in [0.15, 0.2) is 60.7 Å². The minimum Gasteiger partial charge on any atom is -0.461 e. The number of benzene rings is 2. The van der Waals surface area contributed by atoms with Gasteiger partial charge in [0, 0.05) is 6.54 Å². The molecule has 0 bridgehead atoms. The van der Waals surface area contributed by atoms with Crippen molar-refractivity contribution in [1.82, 2.24) is 5.32 Å². The number of ether oxygens (including phenoxy) is 2. The van der Waals surface area contributed by atoms with E-state index in [-0.39, 0.29) is 32.8 Å². The van der Waals surface area contributed by atoms with Gasteiger partial charge in [-0.1, -0.05) is 60.7 Å². The lowest BCUT2D eigenvalue weighted by Crippen LogP contribution is -2.41. The summed E-state index contributed by atoms with van der Waals surface area (Å²) in [5.74, 6) is -1.07. The molecule has 0 radical (unpaired) electrons. The van der Waals surface area contributed by atoms with Gasteiger partial charge in [-0.15, -0.1) is 0 Å². The molecule has 138 valence electrons. The predicted octanol–water partition coefficient (Wildman–Crippen LogP) is 1.81. The summed E-state index contributed by atoms with van der Waals surface area (Å²) in [5, 5.41) is 11.8. The fourth-order valence-corrected chi connectivity index (χ4v) is 2.27. The molecule has 1 atom stereocenters. The van der Waals surface area contributed by atoms with Crippen molar-refractivity contribution < 1.29 is 24.2 Å². The maximum Gasteiger partial charge on any atom is 0.324 e. The molecule has 0 aromatic heterocycles. The first kappa shape index (κ1) is 19.6. The monoisotopic (exact) mass is 357 g/mol. The lowest BCUT2D eigenvalue weighted by Gasteiger charge is -2.16. The Labute approximate surface area is 152 Å². The van der Waals surface area contributed by atoms with Crippen molar-refractivity contribution in [1.29, 1.82) is 0 Å². The molecular weight excluding hydrogens is 334 g/mol. The van der Waals surface area contributed by atoms with Gasteiger partial charge in [0.25, 0.3) is 0 Å². The van der Waals surface area contributed by atoms with Gasteiger partial charge < -0.3 is 19.9 Å². The van der Waals surface area contributed by atoms with Crippen LogP contribution in [-0.2, 0) is 32.3 Å². The number of aliphatic hydroxyl groups excluding tert-OH is 1. The summed E-state index contributed by atoms with van der Waals surface area (Å²) in [5.41, 5.74) is 1.72. The number of esters is 2. The average Bonchev–Trinajstić information content (AvgIpc) is 2.69. The van der Waals surface area contributed by atoms with E-state index in [1.54, 1.807) is 0 Å². The van der Waals surface area contributed by atoms with E-state index in [1.165, 1.54) is 0 Å². The van der Waals surface area contributed by atoms with Crippen LogP contribution in [0.4, 0.5) is 0 Å². The Balaban J connectivity index is 1.84. The van der Waals surface area contributed by atoms with Gasteiger partial charge in [-0.05, 0) is 11.1 Å². The van der Waals surface area contributed by atoms with Crippen molar-refractivity contribution in [2.45, 2.75) is 25.7 Å². The molecular formula is C20H23NO5. The van der Waals surface area contributed by atoms with Crippen molar-refractivity contribution in [2.24, 2.45) is 0 Å². The highest BCUT2D eigenvalue weighted by Crippen LogP contribution is 2.06. The van der Waals surface area contributed by atoms with Crippen LogP contribution in [0.3, 0.4) is 0 Å². The van der Waals surface area contributed by atoms with Crippen molar-refractivity contribution in [3.63, 3.8) is 0 Å². The Bertz CT molecular complexity index is 675. The summed E-state index contributed by atoms with van der Waals surface area (Å²) in [4.78, 5) is 24.3. The lowest BCUT2D eigenvalue weighted by atomic mass is 10.2. The zero-order valence-electron chi connectivity index (χ0n) is 14.5. The van der Waals surface area contributed by atoms with Crippen molar-refractivity contribution in [3.05, 3.63) is 71.8 Å². The van der Waals surface area contributed by atoms with Crippen molar-refractivity contribution >= 4 is 11.9 Å². The van der Waals surface area contributed by atoms with Crippen LogP contribution in [0, 0.1) is 0 Å². The van der Waals surface area contributed by atoms with E-state index < -0.39 is 18.0 Å². The smallest absolute Gasteiger partial charge is 0.324 e. The van der Waals surface area contributed by atoms with Crippen molar-refractivity contribution in [3.8, 4) is 0 Å². The maximum absolute atomic E-state index is 12.3. The van der Waals surface area contributed by atoms with Crippen LogP contribution < -0.4 is 5.32 Å². The van der Waals surface area contributed by atoms with Gasteiger partial charge in [0.15, 0.2) is 0 Å². The van der Waals surface area contributed by atoms with Crippen molar-refractivity contribution in [2.75, 3.05) is 13.2 Å². The summed E-state index contributed by atoms with van der Waals surface area (Å²) in [6, 6.07) is 17.7. The Hall–Kier alpha value is -2.70. The first-order chi connectivity index (χ1) is 12.7. The number of nitrogens with one attached hydrogen (secondary N) is 1. The highest BCUT2D eigenvalue weighted by molar-refractivity contribution is 5.82. The Morgan fingerprint density at radius 3 is 1.96 bits per heavy atom. The molecule has 2 aromatic rings. The molecule has 0 aliphatic carbocycles. The number of hydrogen-bond donors (Lipinski definition) is 2. The quantitative estimate of drug-likeness (QED) is 0.631. The fraction of sp³-hybridized carbons (Fsp3) is 0.300. The lowest BCUT2D eigenvalue weighted by molar-refractivity contribution is -0.154. The Morgan fingerprint density at radius 1 is 0.885 bits per heavy atom. The largest absolute Gasteiger partial charge is 0.461 e. The SMILES string of the molecule is O=C(CC(NCCO)C(=O)OCc1ccccc1)OCc1ccccc1. The van der Waals surface area contributed by atoms with E-state index in [0.29, 0.717) is 0 Å². The van der Waals surface area contributed by atoms with Crippen LogP contribution in [0.5, 0.6) is 0 Å². The van der Waals surface area contributed by atoms with E-state index in [0.717, 1.165) is 11.1 Å². The number of hydrogen-bond acceptors (Lipinski definition) is 6. The van der Waals surface area contributed by atoms with Gasteiger partial charge in [-0.3, -0.25) is 9.59 Å². The van der Waals surface area contributed by atoms with Crippen LogP contribution in [0.25, 0.3) is 0 Å². The Morgan fingerprint density at radius 2 is 1.42 bits per heavy atom. The second kappa shape index (κ2) is 11.0. The molecule has 0 saturated carbocycles. The molecule has 0 amide bonds. The highest BCUT2D eigenvalue weighted by atomic mass is 16.5. The predicted molar refractivity (Wildman–Crippen MR) is 96.0 cm³/mol. The van der Waals surface area contributed by atoms with Crippen LogP contribution in [0.2, 0.25) is 0 Å². The first-order valence-corrected chi connectivity index (χ1v) is 8.43. The van der Waals surface area contributed by atoms with E-state index in [1.807, 2.05) is 60.7 Å². The summed E-state index contributed by atoms with van der Waals surface area (Å²) < 4.78 is 10.5. The number of carbonyl (C=O) groups is 2. The zero-order valence-corrected chi connectivity index (χ0v) is 14.5. The minimum absolute atomic E-state index is 0.121.